The molecule has 0 aliphatic rings. The smallest absolute Gasteiger partial charge is 0.194 e. The summed E-state index contributed by atoms with van der Waals surface area (Å²) < 4.78 is 0. The molecule has 0 aliphatic carbocycles. The summed E-state index contributed by atoms with van der Waals surface area (Å²) in [5, 5.41) is 0.220. The van der Waals surface area contributed by atoms with Crippen LogP contribution in [0.2, 0.25) is 0 Å². The van der Waals surface area contributed by atoms with Gasteiger partial charge in [0.25, 0.3) is 0 Å². The molecule has 2 aromatic rings. The SMILES string of the molecule is C[C@H](CC(=O)Sc1ccccc1)c1ccccc1. The third-order valence-corrected chi connectivity index (χ3v) is 3.72. The molecular formula is C16H16OS. The standard InChI is InChI=1S/C16H16OS/c1-13(14-8-4-2-5-9-14)12-16(17)18-15-10-6-3-7-11-15/h2-11,13H,12H2,1H3/t13-/m1/s1. The molecule has 92 valence electrons. The van der Waals surface area contributed by atoms with Crippen LogP contribution in [0.4, 0.5) is 0 Å². The van der Waals surface area contributed by atoms with Crippen molar-refractivity contribution >= 4 is 16.9 Å². The molecule has 0 fully saturated rings. The molecule has 2 heteroatoms. The van der Waals surface area contributed by atoms with Crippen molar-refractivity contribution in [1.29, 1.82) is 0 Å². The van der Waals surface area contributed by atoms with Crippen molar-refractivity contribution in [2.24, 2.45) is 0 Å². The van der Waals surface area contributed by atoms with Crippen LogP contribution >= 0.6 is 11.8 Å². The Balaban J connectivity index is 1.92. The van der Waals surface area contributed by atoms with E-state index >= 15 is 0 Å². The highest BCUT2D eigenvalue weighted by Gasteiger charge is 2.12. The van der Waals surface area contributed by atoms with E-state index in [1.807, 2.05) is 48.5 Å². The summed E-state index contributed by atoms with van der Waals surface area (Å²) in [4.78, 5) is 13.0. The van der Waals surface area contributed by atoms with E-state index in [0.717, 1.165) is 4.90 Å². The third-order valence-electron chi connectivity index (χ3n) is 2.82. The van der Waals surface area contributed by atoms with E-state index < -0.39 is 0 Å². The number of hydrogen-bond donors (Lipinski definition) is 0. The Morgan fingerprint density at radius 2 is 1.56 bits per heavy atom. The topological polar surface area (TPSA) is 17.1 Å². The summed E-state index contributed by atoms with van der Waals surface area (Å²) in [5.74, 6) is 0.273. The highest BCUT2D eigenvalue weighted by molar-refractivity contribution is 8.13. The molecule has 2 aromatic carbocycles. The van der Waals surface area contributed by atoms with Gasteiger partial charge in [-0.1, -0.05) is 67.2 Å². The van der Waals surface area contributed by atoms with Crippen LogP contribution in [0.25, 0.3) is 0 Å². The van der Waals surface area contributed by atoms with Crippen LogP contribution in [0, 0.1) is 0 Å². The van der Waals surface area contributed by atoms with E-state index in [1.54, 1.807) is 0 Å². The van der Waals surface area contributed by atoms with Gasteiger partial charge in [0.05, 0.1) is 0 Å². The minimum atomic E-state index is 0.220. The zero-order valence-corrected chi connectivity index (χ0v) is 11.2. The number of carbonyl (C=O) groups excluding carboxylic acids is 1. The minimum absolute atomic E-state index is 0.220. The normalized spacial score (nSPS) is 12.1. The maximum absolute atomic E-state index is 12.0. The molecule has 18 heavy (non-hydrogen) atoms. The Kier molecular flexibility index (Phi) is 4.59. The summed E-state index contributed by atoms with van der Waals surface area (Å²) >= 11 is 1.33. The molecule has 0 saturated carbocycles. The molecule has 0 aromatic heterocycles. The Hall–Kier alpha value is -1.54. The molecule has 0 bridgehead atoms. The lowest BCUT2D eigenvalue weighted by atomic mass is 9.99. The van der Waals surface area contributed by atoms with Crippen LogP contribution in [0.15, 0.2) is 65.6 Å². The van der Waals surface area contributed by atoms with Crippen molar-refractivity contribution in [3.8, 4) is 0 Å². The summed E-state index contributed by atoms with van der Waals surface area (Å²) in [5.41, 5.74) is 1.22. The number of rotatable bonds is 4. The van der Waals surface area contributed by atoms with Crippen LogP contribution in [-0.2, 0) is 4.79 Å². The molecule has 0 aliphatic heterocycles. The molecule has 2 rings (SSSR count). The van der Waals surface area contributed by atoms with E-state index in [9.17, 15) is 4.79 Å². The van der Waals surface area contributed by atoms with Gasteiger partial charge in [-0.15, -0.1) is 0 Å². The van der Waals surface area contributed by atoms with Gasteiger partial charge in [0.2, 0.25) is 0 Å². The van der Waals surface area contributed by atoms with Crippen molar-refractivity contribution in [3.63, 3.8) is 0 Å². The van der Waals surface area contributed by atoms with Gasteiger partial charge in [-0.25, -0.2) is 0 Å². The molecule has 0 amide bonds. The van der Waals surface area contributed by atoms with Gasteiger partial charge in [0.15, 0.2) is 5.12 Å². The van der Waals surface area contributed by atoms with Crippen LogP contribution in [0.3, 0.4) is 0 Å². The predicted molar refractivity (Wildman–Crippen MR) is 76.8 cm³/mol. The van der Waals surface area contributed by atoms with Crippen LogP contribution in [-0.4, -0.2) is 5.12 Å². The second-order valence-corrected chi connectivity index (χ2v) is 5.43. The van der Waals surface area contributed by atoms with E-state index in [-0.39, 0.29) is 11.0 Å². The van der Waals surface area contributed by atoms with Gasteiger partial charge in [-0.2, -0.15) is 0 Å². The Morgan fingerprint density at radius 1 is 1.00 bits per heavy atom. The fraction of sp³-hybridized carbons (Fsp3) is 0.188. The Morgan fingerprint density at radius 3 is 2.17 bits per heavy atom. The Labute approximate surface area is 112 Å². The van der Waals surface area contributed by atoms with E-state index in [2.05, 4.69) is 19.1 Å². The van der Waals surface area contributed by atoms with E-state index in [1.165, 1.54) is 17.3 Å². The van der Waals surface area contributed by atoms with E-state index in [0.29, 0.717) is 6.42 Å². The predicted octanol–water partition coefficient (Wildman–Crippen LogP) is 4.50. The number of benzene rings is 2. The average molecular weight is 256 g/mol. The van der Waals surface area contributed by atoms with Crippen LogP contribution in [0.5, 0.6) is 0 Å². The molecule has 0 unspecified atom stereocenters. The summed E-state index contributed by atoms with van der Waals surface area (Å²) in [6.07, 6.45) is 0.573. The minimum Gasteiger partial charge on any atom is -0.287 e. The second-order valence-electron chi connectivity index (χ2n) is 4.30. The van der Waals surface area contributed by atoms with Crippen molar-refractivity contribution in [1.82, 2.24) is 0 Å². The molecule has 0 saturated heterocycles. The van der Waals surface area contributed by atoms with Crippen LogP contribution in [0.1, 0.15) is 24.8 Å². The number of thioether (sulfide) groups is 1. The second kappa shape index (κ2) is 6.41. The van der Waals surface area contributed by atoms with Gasteiger partial charge >= 0.3 is 0 Å². The summed E-state index contributed by atoms with van der Waals surface area (Å²) in [6.45, 7) is 2.10. The zero-order valence-electron chi connectivity index (χ0n) is 10.4. The van der Waals surface area contributed by atoms with Crippen LogP contribution < -0.4 is 0 Å². The third kappa shape index (κ3) is 3.74. The lowest BCUT2D eigenvalue weighted by Crippen LogP contribution is -2.00. The maximum Gasteiger partial charge on any atom is 0.194 e. The summed E-state index contributed by atoms with van der Waals surface area (Å²) in [7, 11) is 0. The fourth-order valence-corrected chi connectivity index (χ4v) is 2.70. The average Bonchev–Trinajstić information content (AvgIpc) is 2.40. The summed E-state index contributed by atoms with van der Waals surface area (Å²) in [6, 6.07) is 20.0. The fourth-order valence-electron chi connectivity index (χ4n) is 1.81. The molecular weight excluding hydrogens is 240 g/mol. The quantitative estimate of drug-likeness (QED) is 0.749. The maximum atomic E-state index is 12.0. The first kappa shape index (κ1) is 12.9. The molecule has 1 atom stereocenters. The van der Waals surface area contributed by atoms with Crippen molar-refractivity contribution in [2.75, 3.05) is 0 Å². The van der Waals surface area contributed by atoms with E-state index in [4.69, 9.17) is 0 Å². The first-order valence-corrected chi connectivity index (χ1v) is 6.88. The first-order chi connectivity index (χ1) is 8.75. The highest BCUT2D eigenvalue weighted by atomic mass is 32.2. The highest BCUT2D eigenvalue weighted by Crippen LogP contribution is 2.26. The molecule has 0 N–H and O–H groups in total. The van der Waals surface area contributed by atoms with Gasteiger partial charge < -0.3 is 0 Å². The van der Waals surface area contributed by atoms with Crippen molar-refractivity contribution in [2.45, 2.75) is 24.2 Å². The number of hydrogen-bond acceptors (Lipinski definition) is 2. The largest absolute Gasteiger partial charge is 0.287 e. The lowest BCUT2D eigenvalue weighted by Gasteiger charge is -2.10. The van der Waals surface area contributed by atoms with Crippen molar-refractivity contribution < 1.29 is 4.79 Å². The Bertz CT molecular complexity index is 493. The molecule has 0 heterocycles. The van der Waals surface area contributed by atoms with Gasteiger partial charge in [-0.05, 0) is 23.6 Å². The monoisotopic (exact) mass is 256 g/mol. The number of carbonyl (C=O) groups is 1. The van der Waals surface area contributed by atoms with Gasteiger partial charge in [-0.3, -0.25) is 4.79 Å². The zero-order chi connectivity index (χ0) is 12.8. The van der Waals surface area contributed by atoms with Gasteiger partial charge in [0, 0.05) is 11.3 Å². The molecule has 0 radical (unpaired) electrons. The molecule has 1 nitrogen and oxygen atoms in total. The lowest BCUT2D eigenvalue weighted by molar-refractivity contribution is -0.111. The van der Waals surface area contributed by atoms with Gasteiger partial charge in [0.1, 0.15) is 0 Å². The van der Waals surface area contributed by atoms with Crippen molar-refractivity contribution in [3.05, 3.63) is 66.2 Å². The first-order valence-electron chi connectivity index (χ1n) is 6.06. The molecule has 0 spiro atoms.